The van der Waals surface area contributed by atoms with Gasteiger partial charge in [-0.3, -0.25) is 4.98 Å². The first-order chi connectivity index (χ1) is 17.5. The smallest absolute Gasteiger partial charge is 0.159 e. The summed E-state index contributed by atoms with van der Waals surface area (Å²) in [6.07, 6.45) is 8.39. The van der Waals surface area contributed by atoms with Gasteiger partial charge in [-0.1, -0.05) is 19.9 Å². The zero-order valence-electron chi connectivity index (χ0n) is 21.0. The molecule has 2 aliphatic rings. The highest BCUT2D eigenvalue weighted by Gasteiger charge is 2.65. The van der Waals surface area contributed by atoms with Crippen molar-refractivity contribution in [2.45, 2.75) is 57.5 Å². The molecule has 9 heteroatoms. The molecule has 4 aromatic rings. The summed E-state index contributed by atoms with van der Waals surface area (Å²) in [7, 11) is 0. The van der Waals surface area contributed by atoms with E-state index < -0.39 is 22.7 Å². The third kappa shape index (κ3) is 3.33. The van der Waals surface area contributed by atoms with Crippen LogP contribution in [0.15, 0.2) is 49.1 Å². The summed E-state index contributed by atoms with van der Waals surface area (Å²) >= 11 is 0. The van der Waals surface area contributed by atoms with E-state index in [-0.39, 0.29) is 22.6 Å². The Morgan fingerprint density at radius 2 is 1.68 bits per heavy atom. The van der Waals surface area contributed by atoms with Gasteiger partial charge >= 0.3 is 0 Å². The van der Waals surface area contributed by atoms with E-state index in [1.165, 1.54) is 18.2 Å². The summed E-state index contributed by atoms with van der Waals surface area (Å²) in [5.41, 5.74) is 1.85. The Kier molecular flexibility index (Phi) is 5.04. The van der Waals surface area contributed by atoms with Crippen LogP contribution < -0.4 is 0 Å². The lowest BCUT2D eigenvalue weighted by Crippen LogP contribution is -2.38. The van der Waals surface area contributed by atoms with E-state index in [0.29, 0.717) is 17.1 Å². The molecule has 37 heavy (non-hydrogen) atoms. The monoisotopic (exact) mass is 500 g/mol. The highest BCUT2D eigenvalue weighted by Crippen LogP contribution is 2.69. The quantitative estimate of drug-likeness (QED) is 0.416. The van der Waals surface area contributed by atoms with Crippen LogP contribution in [0.25, 0.3) is 22.5 Å². The molecule has 2 atom stereocenters. The summed E-state index contributed by atoms with van der Waals surface area (Å²) in [6, 6.07) is 5.58. The molecule has 1 saturated carbocycles. The van der Waals surface area contributed by atoms with Gasteiger partial charge in [0.25, 0.3) is 0 Å². The molecule has 3 aromatic heterocycles. The molecule has 188 valence electrons. The zero-order valence-corrected chi connectivity index (χ0v) is 21.0. The lowest BCUT2D eigenvalue weighted by Gasteiger charge is -2.37. The highest BCUT2D eigenvalue weighted by molar-refractivity contribution is 5.64. The van der Waals surface area contributed by atoms with Crippen molar-refractivity contribution in [1.82, 2.24) is 30.1 Å². The fourth-order valence-corrected chi connectivity index (χ4v) is 6.24. The van der Waals surface area contributed by atoms with Crippen molar-refractivity contribution in [3.8, 4) is 22.5 Å². The predicted octanol–water partition coefficient (Wildman–Crippen LogP) is 5.10. The van der Waals surface area contributed by atoms with Gasteiger partial charge in [-0.15, -0.1) is 5.10 Å². The number of nitrogens with zero attached hydrogens (tertiary/aromatic N) is 6. The van der Waals surface area contributed by atoms with Crippen molar-refractivity contribution in [2.75, 3.05) is 0 Å². The highest BCUT2D eigenvalue weighted by atomic mass is 19.1. The number of hydrogen-bond donors (Lipinski definition) is 1. The fraction of sp³-hybridized carbons (Fsp3) is 0.357. The normalized spacial score (nSPS) is 21.8. The molecule has 2 aliphatic carbocycles. The number of fused-ring (bicyclic) bond motifs is 5. The van der Waals surface area contributed by atoms with Gasteiger partial charge in [0.05, 0.1) is 40.0 Å². The second kappa shape index (κ2) is 7.89. The average molecular weight is 501 g/mol. The lowest BCUT2D eigenvalue weighted by atomic mass is 9.66. The first kappa shape index (κ1) is 23.7. The molecule has 7 nitrogen and oxygen atoms in total. The number of hydrogen-bond acceptors (Lipinski definition) is 7. The van der Waals surface area contributed by atoms with Crippen LogP contribution in [0.1, 0.15) is 69.2 Å². The molecule has 0 aliphatic heterocycles. The van der Waals surface area contributed by atoms with E-state index in [0.717, 1.165) is 29.8 Å². The Balaban J connectivity index is 1.46. The minimum Gasteiger partial charge on any atom is -0.382 e. The van der Waals surface area contributed by atoms with Crippen LogP contribution >= 0.6 is 0 Å². The Hall–Kier alpha value is -3.72. The van der Waals surface area contributed by atoms with Gasteiger partial charge in [-0.2, -0.15) is 5.10 Å². The van der Waals surface area contributed by atoms with Crippen molar-refractivity contribution in [3.05, 3.63) is 83.5 Å². The van der Waals surface area contributed by atoms with Crippen molar-refractivity contribution in [3.63, 3.8) is 0 Å². The van der Waals surface area contributed by atoms with Crippen molar-refractivity contribution in [1.29, 1.82) is 0 Å². The molecule has 2 bridgehead atoms. The van der Waals surface area contributed by atoms with Gasteiger partial charge in [0.1, 0.15) is 17.2 Å². The standard InChI is InChI=1S/C28H26F2N6O/c1-26(2)17-8-9-28(26,24-16(17)10-20(35-36-24)23-18(29)6-5-7-19(23)30)22-14-31-13-21(34-22)15-11-32-25(33-12-15)27(3,4)37/h5-7,10-14,17,37H,8-9H2,1-4H3/t17-,28-/m0/s1. The molecule has 0 spiro atoms. The molecule has 6 rings (SSSR count). The predicted molar refractivity (Wildman–Crippen MR) is 132 cm³/mol. The van der Waals surface area contributed by atoms with Crippen LogP contribution in [0, 0.1) is 17.0 Å². The van der Waals surface area contributed by atoms with Crippen LogP contribution in [0.3, 0.4) is 0 Å². The van der Waals surface area contributed by atoms with E-state index in [9.17, 15) is 13.9 Å². The summed E-state index contributed by atoms with van der Waals surface area (Å²) in [6.45, 7) is 7.63. The molecule has 1 N–H and O–H groups in total. The molecule has 0 saturated heterocycles. The maximum absolute atomic E-state index is 14.5. The summed E-state index contributed by atoms with van der Waals surface area (Å²) < 4.78 is 29.0. The van der Waals surface area contributed by atoms with E-state index in [4.69, 9.17) is 4.98 Å². The Bertz CT molecular complexity index is 1510. The van der Waals surface area contributed by atoms with Crippen LogP contribution in [0.2, 0.25) is 0 Å². The average Bonchev–Trinajstić information content (AvgIpc) is 3.24. The van der Waals surface area contributed by atoms with Crippen LogP contribution in [-0.4, -0.2) is 35.2 Å². The van der Waals surface area contributed by atoms with E-state index in [1.54, 1.807) is 44.7 Å². The second-order valence-electron chi connectivity index (χ2n) is 11.0. The topological polar surface area (TPSA) is 97.6 Å². The molecule has 1 fully saturated rings. The minimum atomic E-state index is -1.15. The number of aromatic nitrogens is 6. The Morgan fingerprint density at radius 3 is 2.35 bits per heavy atom. The number of aliphatic hydroxyl groups is 1. The zero-order chi connectivity index (χ0) is 26.2. The van der Waals surface area contributed by atoms with Crippen LogP contribution in [-0.2, 0) is 11.0 Å². The molecular weight excluding hydrogens is 474 g/mol. The number of rotatable bonds is 4. The summed E-state index contributed by atoms with van der Waals surface area (Å²) in [5, 5.41) is 19.0. The molecule has 0 unspecified atom stereocenters. The molecule has 0 radical (unpaired) electrons. The number of halogens is 2. The van der Waals surface area contributed by atoms with Gasteiger partial charge in [-0.05, 0) is 61.8 Å². The van der Waals surface area contributed by atoms with Crippen molar-refractivity contribution >= 4 is 0 Å². The number of benzene rings is 1. The minimum absolute atomic E-state index is 0.131. The van der Waals surface area contributed by atoms with Crippen LogP contribution in [0.4, 0.5) is 8.78 Å². The Morgan fingerprint density at radius 1 is 0.973 bits per heavy atom. The largest absolute Gasteiger partial charge is 0.382 e. The van der Waals surface area contributed by atoms with Crippen molar-refractivity contribution < 1.29 is 13.9 Å². The van der Waals surface area contributed by atoms with Crippen molar-refractivity contribution in [2.24, 2.45) is 5.41 Å². The van der Waals surface area contributed by atoms with Crippen LogP contribution in [0.5, 0.6) is 0 Å². The molecule has 1 aromatic carbocycles. The maximum atomic E-state index is 14.5. The van der Waals surface area contributed by atoms with Gasteiger partial charge in [0.2, 0.25) is 0 Å². The lowest BCUT2D eigenvalue weighted by molar-refractivity contribution is 0.0687. The Labute approximate surface area is 213 Å². The fourth-order valence-electron chi connectivity index (χ4n) is 6.24. The van der Waals surface area contributed by atoms with Gasteiger partial charge in [0.15, 0.2) is 5.82 Å². The SMILES string of the molecule is CC(C)(O)c1ncc(-c2cncc([C@@]34CC[C@@H](c5cc(-c6c(F)cccc6F)nnc53)C4(C)C)n2)cn1. The third-order valence-electron chi connectivity index (χ3n) is 8.17. The van der Waals surface area contributed by atoms with Gasteiger partial charge in [-0.25, -0.2) is 23.7 Å². The van der Waals surface area contributed by atoms with Gasteiger partial charge in [0, 0.05) is 24.2 Å². The summed E-state index contributed by atoms with van der Waals surface area (Å²) in [4.78, 5) is 18.1. The van der Waals surface area contributed by atoms with E-state index >= 15 is 0 Å². The molecule has 3 heterocycles. The van der Waals surface area contributed by atoms with E-state index in [1.807, 2.05) is 0 Å². The first-order valence-electron chi connectivity index (χ1n) is 12.2. The van der Waals surface area contributed by atoms with E-state index in [2.05, 4.69) is 39.0 Å². The first-order valence-corrected chi connectivity index (χ1v) is 12.2. The molecule has 0 amide bonds. The maximum Gasteiger partial charge on any atom is 0.159 e. The van der Waals surface area contributed by atoms with Gasteiger partial charge < -0.3 is 5.11 Å². The summed E-state index contributed by atoms with van der Waals surface area (Å²) in [5.74, 6) is -0.877. The third-order valence-corrected chi connectivity index (χ3v) is 8.17. The second-order valence-corrected chi connectivity index (χ2v) is 11.0. The molecular formula is C28H26F2N6O.